The Balaban J connectivity index is 0.00000200. The van der Waals surface area contributed by atoms with E-state index in [2.05, 4.69) is 56.1 Å². The molecule has 1 aromatic carbocycles. The lowest BCUT2D eigenvalue weighted by atomic mass is 9.64. The Morgan fingerprint density at radius 2 is 1.81 bits per heavy atom. The van der Waals surface area contributed by atoms with Gasteiger partial charge in [0.2, 0.25) is 0 Å². The predicted octanol–water partition coefficient (Wildman–Crippen LogP) is 3.77. The second-order valence-electron chi connectivity index (χ2n) is 6.46. The molecule has 2 nitrogen and oxygen atoms in total. The van der Waals surface area contributed by atoms with E-state index in [1.807, 2.05) is 0 Å². The van der Waals surface area contributed by atoms with Gasteiger partial charge in [-0.2, -0.15) is 0 Å². The number of nitrogens with two attached hydrogens (primary N) is 1. The highest BCUT2D eigenvalue weighted by Gasteiger charge is 2.41. The number of nitrogens with zero attached hydrogens (tertiary/aromatic N) is 1. The standard InChI is InChI=1S/C17H28N2.2ClH/c1-14-13-19(3)15(2)11-17(14,9-10-18)12-16-7-5-4-6-8-16;;/h4-8,14-15H,9-13,18H2,1-3H3;2*1H. The van der Waals surface area contributed by atoms with Crippen molar-refractivity contribution >= 4 is 24.8 Å². The maximum absolute atomic E-state index is 5.93. The van der Waals surface area contributed by atoms with E-state index in [0.29, 0.717) is 17.4 Å². The summed E-state index contributed by atoms with van der Waals surface area (Å²) in [5, 5.41) is 0. The van der Waals surface area contributed by atoms with Crippen molar-refractivity contribution in [3.8, 4) is 0 Å². The number of halogens is 2. The van der Waals surface area contributed by atoms with Crippen LogP contribution in [0.5, 0.6) is 0 Å². The number of piperidine rings is 1. The van der Waals surface area contributed by atoms with Crippen molar-refractivity contribution < 1.29 is 0 Å². The van der Waals surface area contributed by atoms with Gasteiger partial charge in [0.05, 0.1) is 0 Å². The van der Waals surface area contributed by atoms with Crippen LogP contribution in [0.2, 0.25) is 0 Å². The Morgan fingerprint density at radius 3 is 2.38 bits per heavy atom. The lowest BCUT2D eigenvalue weighted by molar-refractivity contribution is 0.0148. The normalized spacial score (nSPS) is 29.3. The maximum atomic E-state index is 5.93. The van der Waals surface area contributed by atoms with Gasteiger partial charge >= 0.3 is 0 Å². The van der Waals surface area contributed by atoms with Gasteiger partial charge in [0, 0.05) is 12.6 Å². The molecular weight excluding hydrogens is 303 g/mol. The van der Waals surface area contributed by atoms with Crippen LogP contribution in [0.4, 0.5) is 0 Å². The topological polar surface area (TPSA) is 29.3 Å². The highest BCUT2D eigenvalue weighted by molar-refractivity contribution is 5.85. The summed E-state index contributed by atoms with van der Waals surface area (Å²) < 4.78 is 0. The third-order valence-corrected chi connectivity index (χ3v) is 5.10. The van der Waals surface area contributed by atoms with Crippen molar-refractivity contribution in [3.05, 3.63) is 35.9 Å². The fourth-order valence-electron chi connectivity index (χ4n) is 3.72. The molecule has 1 aromatic rings. The van der Waals surface area contributed by atoms with Crippen LogP contribution in [0, 0.1) is 11.3 Å². The van der Waals surface area contributed by atoms with Gasteiger partial charge in [-0.3, -0.25) is 0 Å². The molecule has 0 spiro atoms. The van der Waals surface area contributed by atoms with E-state index in [1.165, 1.54) is 24.9 Å². The minimum atomic E-state index is 0. The Bertz CT molecular complexity index is 399. The summed E-state index contributed by atoms with van der Waals surface area (Å²) in [7, 11) is 2.25. The van der Waals surface area contributed by atoms with Crippen LogP contribution >= 0.6 is 24.8 Å². The van der Waals surface area contributed by atoms with Gasteiger partial charge in [-0.1, -0.05) is 37.3 Å². The zero-order valence-electron chi connectivity index (χ0n) is 13.4. The van der Waals surface area contributed by atoms with E-state index in [9.17, 15) is 0 Å². The molecule has 122 valence electrons. The summed E-state index contributed by atoms with van der Waals surface area (Å²) in [6.45, 7) is 6.74. The molecular formula is C17H30Cl2N2. The SMILES string of the molecule is CC1CC(CCN)(Cc2ccccc2)C(C)CN1C.Cl.Cl. The highest BCUT2D eigenvalue weighted by atomic mass is 35.5. The van der Waals surface area contributed by atoms with E-state index in [4.69, 9.17) is 5.73 Å². The molecule has 2 rings (SSSR count). The monoisotopic (exact) mass is 332 g/mol. The second-order valence-corrected chi connectivity index (χ2v) is 6.46. The first-order valence-electron chi connectivity index (χ1n) is 7.51. The van der Waals surface area contributed by atoms with Gasteiger partial charge in [0.1, 0.15) is 0 Å². The molecule has 3 atom stereocenters. The smallest absolute Gasteiger partial charge is 0.00695 e. The molecule has 0 aromatic heterocycles. The molecule has 1 aliphatic rings. The Morgan fingerprint density at radius 1 is 1.19 bits per heavy atom. The molecule has 0 saturated carbocycles. The maximum Gasteiger partial charge on any atom is 0.00695 e. The van der Waals surface area contributed by atoms with Crippen LogP contribution in [0.25, 0.3) is 0 Å². The first-order chi connectivity index (χ1) is 9.07. The largest absolute Gasteiger partial charge is 0.330 e. The van der Waals surface area contributed by atoms with Gasteiger partial charge in [0.25, 0.3) is 0 Å². The molecule has 21 heavy (non-hydrogen) atoms. The first kappa shape index (κ1) is 20.7. The van der Waals surface area contributed by atoms with Crippen molar-refractivity contribution in [2.45, 2.75) is 39.2 Å². The summed E-state index contributed by atoms with van der Waals surface area (Å²) in [6, 6.07) is 11.6. The lowest BCUT2D eigenvalue weighted by Crippen LogP contribution is -2.50. The number of likely N-dealkylation sites (tertiary alicyclic amines) is 1. The fraction of sp³-hybridized carbons (Fsp3) is 0.647. The van der Waals surface area contributed by atoms with Crippen molar-refractivity contribution in [1.82, 2.24) is 4.90 Å². The molecule has 0 bridgehead atoms. The summed E-state index contributed by atoms with van der Waals surface area (Å²) in [5.74, 6) is 0.706. The van der Waals surface area contributed by atoms with E-state index in [-0.39, 0.29) is 24.8 Å². The summed E-state index contributed by atoms with van der Waals surface area (Å²) >= 11 is 0. The van der Waals surface area contributed by atoms with Crippen molar-refractivity contribution in [3.63, 3.8) is 0 Å². The average molecular weight is 333 g/mol. The molecule has 2 N–H and O–H groups in total. The van der Waals surface area contributed by atoms with Gasteiger partial charge < -0.3 is 10.6 Å². The Labute approximate surface area is 142 Å². The predicted molar refractivity (Wildman–Crippen MR) is 96.6 cm³/mol. The number of benzene rings is 1. The van der Waals surface area contributed by atoms with Gasteiger partial charge in [-0.05, 0) is 56.7 Å². The molecule has 3 unspecified atom stereocenters. The van der Waals surface area contributed by atoms with Crippen LogP contribution in [0.3, 0.4) is 0 Å². The minimum Gasteiger partial charge on any atom is -0.330 e. The zero-order valence-corrected chi connectivity index (χ0v) is 15.1. The van der Waals surface area contributed by atoms with Crippen LogP contribution < -0.4 is 5.73 Å². The Hall–Kier alpha value is -0.280. The third kappa shape index (κ3) is 4.85. The van der Waals surface area contributed by atoms with Crippen LogP contribution in [-0.2, 0) is 6.42 Å². The van der Waals surface area contributed by atoms with Gasteiger partial charge in [-0.25, -0.2) is 0 Å². The Kier molecular flexibility index (Phi) is 8.87. The van der Waals surface area contributed by atoms with E-state index in [1.54, 1.807) is 0 Å². The quantitative estimate of drug-likeness (QED) is 0.909. The summed E-state index contributed by atoms with van der Waals surface area (Å²) in [6.07, 6.45) is 3.57. The molecule has 0 radical (unpaired) electrons. The molecule has 1 heterocycles. The minimum absolute atomic E-state index is 0. The van der Waals surface area contributed by atoms with Crippen molar-refractivity contribution in [1.29, 1.82) is 0 Å². The van der Waals surface area contributed by atoms with Crippen LogP contribution in [0.1, 0.15) is 32.3 Å². The van der Waals surface area contributed by atoms with E-state index < -0.39 is 0 Å². The van der Waals surface area contributed by atoms with Gasteiger partial charge in [-0.15, -0.1) is 24.8 Å². The van der Waals surface area contributed by atoms with Crippen LogP contribution in [-0.4, -0.2) is 31.1 Å². The molecule has 0 aliphatic carbocycles. The van der Waals surface area contributed by atoms with Crippen molar-refractivity contribution in [2.24, 2.45) is 17.1 Å². The molecule has 1 aliphatic heterocycles. The molecule has 1 fully saturated rings. The van der Waals surface area contributed by atoms with E-state index >= 15 is 0 Å². The molecule has 0 amide bonds. The zero-order chi connectivity index (χ0) is 13.9. The van der Waals surface area contributed by atoms with Crippen LogP contribution in [0.15, 0.2) is 30.3 Å². The van der Waals surface area contributed by atoms with E-state index in [0.717, 1.165) is 13.0 Å². The molecule has 4 heteroatoms. The summed E-state index contributed by atoms with van der Waals surface area (Å²) in [4.78, 5) is 2.49. The first-order valence-corrected chi connectivity index (χ1v) is 7.51. The summed E-state index contributed by atoms with van der Waals surface area (Å²) in [5.41, 5.74) is 7.76. The lowest BCUT2D eigenvalue weighted by Gasteiger charge is -2.49. The fourth-order valence-corrected chi connectivity index (χ4v) is 3.72. The van der Waals surface area contributed by atoms with Gasteiger partial charge in [0.15, 0.2) is 0 Å². The highest BCUT2D eigenvalue weighted by Crippen LogP contribution is 2.44. The third-order valence-electron chi connectivity index (χ3n) is 5.10. The number of hydrogen-bond acceptors (Lipinski definition) is 2. The molecule has 1 saturated heterocycles. The second kappa shape index (κ2) is 8.99. The number of hydrogen-bond donors (Lipinski definition) is 1. The number of rotatable bonds is 4. The average Bonchev–Trinajstić information content (AvgIpc) is 2.38. The van der Waals surface area contributed by atoms with Crippen molar-refractivity contribution in [2.75, 3.05) is 20.1 Å².